The molecule has 1 aliphatic heterocycles. The molecule has 17 heavy (non-hydrogen) atoms. The first-order chi connectivity index (χ1) is 8.04. The second kappa shape index (κ2) is 4.67. The predicted molar refractivity (Wildman–Crippen MR) is 70.0 cm³/mol. The van der Waals surface area contributed by atoms with Gasteiger partial charge in [-0.25, -0.2) is 0 Å². The van der Waals surface area contributed by atoms with Crippen LogP contribution in [-0.4, -0.2) is 13.2 Å². The van der Waals surface area contributed by atoms with Crippen LogP contribution in [0.1, 0.15) is 37.4 Å². The Morgan fingerprint density at radius 2 is 2.18 bits per heavy atom. The van der Waals surface area contributed by atoms with Gasteiger partial charge in [0.25, 0.3) is 0 Å². The molecule has 0 saturated carbocycles. The van der Waals surface area contributed by atoms with Crippen molar-refractivity contribution in [2.75, 3.05) is 13.2 Å². The van der Waals surface area contributed by atoms with Crippen molar-refractivity contribution in [3.8, 4) is 5.75 Å². The first-order valence-electron chi connectivity index (χ1n) is 6.26. The summed E-state index contributed by atoms with van der Waals surface area (Å²) in [5.74, 6) is 1.01. The number of nitrogens with two attached hydrogens (primary N) is 2. The van der Waals surface area contributed by atoms with Gasteiger partial charge < -0.3 is 16.2 Å². The van der Waals surface area contributed by atoms with Gasteiger partial charge in [0, 0.05) is 6.04 Å². The SMILES string of the molecule is CC(C)(CN)C(N)c1ccc2c(c1)CCCO2. The molecule has 0 spiro atoms. The predicted octanol–water partition coefficient (Wildman–Crippen LogP) is 2.00. The summed E-state index contributed by atoms with van der Waals surface area (Å²) in [6, 6.07) is 6.25. The Morgan fingerprint density at radius 1 is 1.41 bits per heavy atom. The third-order valence-electron chi connectivity index (χ3n) is 3.66. The summed E-state index contributed by atoms with van der Waals surface area (Å²) < 4.78 is 5.60. The fourth-order valence-corrected chi connectivity index (χ4v) is 2.15. The second-order valence-electron chi connectivity index (χ2n) is 5.49. The second-order valence-corrected chi connectivity index (χ2v) is 5.49. The fraction of sp³-hybridized carbons (Fsp3) is 0.571. The molecule has 4 N–H and O–H groups in total. The molecule has 1 atom stereocenters. The maximum absolute atomic E-state index is 6.30. The Morgan fingerprint density at radius 3 is 2.88 bits per heavy atom. The lowest BCUT2D eigenvalue weighted by Crippen LogP contribution is -2.35. The van der Waals surface area contributed by atoms with Crippen molar-refractivity contribution in [3.05, 3.63) is 29.3 Å². The van der Waals surface area contributed by atoms with E-state index in [9.17, 15) is 0 Å². The smallest absolute Gasteiger partial charge is 0.122 e. The highest BCUT2D eigenvalue weighted by molar-refractivity contribution is 5.40. The van der Waals surface area contributed by atoms with Crippen molar-refractivity contribution in [2.24, 2.45) is 16.9 Å². The Labute approximate surface area is 103 Å². The molecule has 1 aliphatic rings. The van der Waals surface area contributed by atoms with E-state index in [1.807, 2.05) is 6.07 Å². The standard InChI is InChI=1S/C14H22N2O/c1-14(2,9-15)13(16)11-5-6-12-10(8-11)4-3-7-17-12/h5-6,8,13H,3-4,7,9,15-16H2,1-2H3. The van der Waals surface area contributed by atoms with E-state index in [2.05, 4.69) is 26.0 Å². The highest BCUT2D eigenvalue weighted by atomic mass is 16.5. The molecule has 0 aliphatic carbocycles. The molecule has 0 fully saturated rings. The van der Waals surface area contributed by atoms with Gasteiger partial charge in [0.05, 0.1) is 6.61 Å². The molecule has 1 heterocycles. The number of benzene rings is 1. The van der Waals surface area contributed by atoms with Gasteiger partial charge in [-0.05, 0) is 42.0 Å². The van der Waals surface area contributed by atoms with Crippen LogP contribution in [0.5, 0.6) is 5.75 Å². The Kier molecular flexibility index (Phi) is 3.40. The minimum atomic E-state index is -0.0796. The molecule has 0 saturated heterocycles. The summed E-state index contributed by atoms with van der Waals surface area (Å²) in [4.78, 5) is 0. The summed E-state index contributed by atoms with van der Waals surface area (Å²) in [6.07, 6.45) is 2.17. The molecule has 0 bridgehead atoms. The summed E-state index contributed by atoms with van der Waals surface area (Å²) >= 11 is 0. The van der Waals surface area contributed by atoms with Crippen molar-refractivity contribution in [1.29, 1.82) is 0 Å². The van der Waals surface area contributed by atoms with Gasteiger partial charge in [0.1, 0.15) is 5.75 Å². The highest BCUT2D eigenvalue weighted by Gasteiger charge is 2.27. The molecular formula is C14H22N2O. The van der Waals surface area contributed by atoms with E-state index < -0.39 is 0 Å². The van der Waals surface area contributed by atoms with E-state index in [1.54, 1.807) is 0 Å². The fourth-order valence-electron chi connectivity index (χ4n) is 2.15. The third kappa shape index (κ3) is 2.45. The highest BCUT2D eigenvalue weighted by Crippen LogP contribution is 2.33. The van der Waals surface area contributed by atoms with E-state index >= 15 is 0 Å². The van der Waals surface area contributed by atoms with Crippen molar-refractivity contribution in [1.82, 2.24) is 0 Å². The Bertz CT molecular complexity index is 401. The van der Waals surface area contributed by atoms with Crippen LogP contribution < -0.4 is 16.2 Å². The number of hydrogen-bond acceptors (Lipinski definition) is 3. The molecule has 0 radical (unpaired) electrons. The molecule has 94 valence electrons. The number of fused-ring (bicyclic) bond motifs is 1. The molecular weight excluding hydrogens is 212 g/mol. The minimum absolute atomic E-state index is 0.0280. The summed E-state index contributed by atoms with van der Waals surface area (Å²) in [5, 5.41) is 0. The lowest BCUT2D eigenvalue weighted by molar-refractivity contribution is 0.285. The van der Waals surface area contributed by atoms with Crippen LogP contribution in [0.4, 0.5) is 0 Å². The molecule has 2 rings (SSSR count). The number of rotatable bonds is 3. The zero-order chi connectivity index (χ0) is 12.5. The van der Waals surface area contributed by atoms with Gasteiger partial charge in [-0.1, -0.05) is 26.0 Å². The molecule has 0 amide bonds. The van der Waals surface area contributed by atoms with E-state index in [1.165, 1.54) is 5.56 Å². The first-order valence-corrected chi connectivity index (χ1v) is 6.26. The quantitative estimate of drug-likeness (QED) is 0.841. The lowest BCUT2D eigenvalue weighted by atomic mass is 9.80. The molecule has 0 aromatic heterocycles. The molecule has 3 heteroatoms. The van der Waals surface area contributed by atoms with Crippen LogP contribution in [0, 0.1) is 5.41 Å². The number of aryl methyl sites for hydroxylation is 1. The Balaban J connectivity index is 2.28. The maximum Gasteiger partial charge on any atom is 0.122 e. The van der Waals surface area contributed by atoms with Gasteiger partial charge >= 0.3 is 0 Å². The van der Waals surface area contributed by atoms with Gasteiger partial charge in [-0.15, -0.1) is 0 Å². The third-order valence-corrected chi connectivity index (χ3v) is 3.66. The van der Waals surface area contributed by atoms with Crippen molar-refractivity contribution >= 4 is 0 Å². The molecule has 1 aromatic rings. The molecule has 3 nitrogen and oxygen atoms in total. The topological polar surface area (TPSA) is 61.3 Å². The van der Waals surface area contributed by atoms with Crippen LogP contribution in [0.3, 0.4) is 0 Å². The van der Waals surface area contributed by atoms with Gasteiger partial charge in [0.2, 0.25) is 0 Å². The van der Waals surface area contributed by atoms with Crippen LogP contribution in [0.15, 0.2) is 18.2 Å². The van der Waals surface area contributed by atoms with Crippen molar-refractivity contribution < 1.29 is 4.74 Å². The van der Waals surface area contributed by atoms with Crippen LogP contribution in [0.25, 0.3) is 0 Å². The summed E-state index contributed by atoms with van der Waals surface area (Å²) in [7, 11) is 0. The van der Waals surface area contributed by atoms with Crippen molar-refractivity contribution in [3.63, 3.8) is 0 Å². The monoisotopic (exact) mass is 234 g/mol. The van der Waals surface area contributed by atoms with E-state index in [-0.39, 0.29) is 11.5 Å². The van der Waals surface area contributed by atoms with E-state index in [4.69, 9.17) is 16.2 Å². The normalized spacial score (nSPS) is 17.2. The van der Waals surface area contributed by atoms with E-state index in [0.717, 1.165) is 30.8 Å². The zero-order valence-electron chi connectivity index (χ0n) is 10.7. The average Bonchev–Trinajstić information content (AvgIpc) is 2.37. The Hall–Kier alpha value is -1.06. The van der Waals surface area contributed by atoms with Gasteiger partial charge in [0.15, 0.2) is 0 Å². The van der Waals surface area contributed by atoms with E-state index in [0.29, 0.717) is 6.54 Å². The lowest BCUT2D eigenvalue weighted by Gasteiger charge is -2.31. The van der Waals surface area contributed by atoms with Crippen LogP contribution >= 0.6 is 0 Å². The first kappa shape index (κ1) is 12.4. The largest absolute Gasteiger partial charge is 0.493 e. The summed E-state index contributed by atoms with van der Waals surface area (Å²) in [5.41, 5.74) is 14.4. The van der Waals surface area contributed by atoms with Crippen LogP contribution in [-0.2, 0) is 6.42 Å². The van der Waals surface area contributed by atoms with Crippen molar-refractivity contribution in [2.45, 2.75) is 32.7 Å². The average molecular weight is 234 g/mol. The number of hydrogen-bond donors (Lipinski definition) is 2. The molecule has 1 aromatic carbocycles. The summed E-state index contributed by atoms with van der Waals surface area (Å²) in [6.45, 7) is 5.62. The van der Waals surface area contributed by atoms with Gasteiger partial charge in [-0.3, -0.25) is 0 Å². The number of ether oxygens (including phenoxy) is 1. The zero-order valence-corrected chi connectivity index (χ0v) is 10.7. The minimum Gasteiger partial charge on any atom is -0.493 e. The molecule has 1 unspecified atom stereocenters. The maximum atomic E-state index is 6.30. The van der Waals surface area contributed by atoms with Gasteiger partial charge in [-0.2, -0.15) is 0 Å². The van der Waals surface area contributed by atoms with Crippen LogP contribution in [0.2, 0.25) is 0 Å².